The van der Waals surface area contributed by atoms with E-state index < -0.39 is 5.82 Å². The molecular formula is C26H25FN6O2. The van der Waals surface area contributed by atoms with Crippen LogP contribution in [-0.2, 0) is 9.53 Å². The van der Waals surface area contributed by atoms with Crippen molar-refractivity contribution in [1.82, 2.24) is 24.6 Å². The number of rotatable bonds is 5. The van der Waals surface area contributed by atoms with Crippen molar-refractivity contribution in [2.75, 3.05) is 11.9 Å². The molecule has 7 rings (SSSR count). The summed E-state index contributed by atoms with van der Waals surface area (Å²) in [4.78, 5) is 25.0. The Hall–Kier alpha value is -3.93. The molecule has 0 amide bonds. The smallest absolute Gasteiger partial charge is 0.311 e. The molecule has 0 aromatic carbocycles. The normalized spacial score (nSPS) is 23.5. The SMILES string of the molecule is C#Cc1ccc2c(N[C@H]3[C@H]4CC[C@H](CC4)[C@@H]3C(=O)OCC)nc(-c3c[nH]c4ncc(F)cc34)nn12. The van der Waals surface area contributed by atoms with Crippen molar-refractivity contribution in [3.63, 3.8) is 0 Å². The van der Waals surface area contributed by atoms with Gasteiger partial charge >= 0.3 is 5.97 Å². The molecule has 0 radical (unpaired) electrons. The van der Waals surface area contributed by atoms with Gasteiger partial charge in [0.15, 0.2) is 11.6 Å². The summed E-state index contributed by atoms with van der Waals surface area (Å²) in [6.45, 7) is 2.19. The average molecular weight is 473 g/mol. The molecule has 2 N–H and O–H groups in total. The zero-order valence-electron chi connectivity index (χ0n) is 19.3. The van der Waals surface area contributed by atoms with Crippen LogP contribution in [0.4, 0.5) is 10.2 Å². The van der Waals surface area contributed by atoms with E-state index in [1.54, 1.807) is 10.7 Å². The number of carbonyl (C=O) groups excluding carboxylic acids is 1. The van der Waals surface area contributed by atoms with Crippen molar-refractivity contribution in [3.8, 4) is 23.7 Å². The van der Waals surface area contributed by atoms with E-state index in [4.69, 9.17) is 16.1 Å². The van der Waals surface area contributed by atoms with Crippen molar-refractivity contribution in [1.29, 1.82) is 0 Å². The van der Waals surface area contributed by atoms with E-state index >= 15 is 0 Å². The first-order chi connectivity index (χ1) is 17.1. The zero-order valence-corrected chi connectivity index (χ0v) is 19.3. The highest BCUT2D eigenvalue weighted by Crippen LogP contribution is 2.47. The molecule has 3 aliphatic rings. The quantitative estimate of drug-likeness (QED) is 0.334. The predicted molar refractivity (Wildman–Crippen MR) is 129 cm³/mol. The van der Waals surface area contributed by atoms with Crippen molar-refractivity contribution in [3.05, 3.63) is 42.1 Å². The highest BCUT2D eigenvalue weighted by molar-refractivity contribution is 5.92. The van der Waals surface area contributed by atoms with Gasteiger partial charge < -0.3 is 15.0 Å². The lowest BCUT2D eigenvalue weighted by atomic mass is 9.61. The number of aromatic amines is 1. The van der Waals surface area contributed by atoms with Gasteiger partial charge in [0, 0.05) is 23.2 Å². The van der Waals surface area contributed by atoms with Gasteiger partial charge in [0.05, 0.1) is 18.7 Å². The highest BCUT2D eigenvalue weighted by atomic mass is 19.1. The third-order valence-corrected chi connectivity index (χ3v) is 7.48. The molecule has 9 heteroatoms. The molecule has 2 bridgehead atoms. The number of terminal acetylenes is 1. The first-order valence-electron chi connectivity index (χ1n) is 12.0. The average Bonchev–Trinajstić information content (AvgIpc) is 3.48. The number of fused-ring (bicyclic) bond motifs is 5. The van der Waals surface area contributed by atoms with E-state index in [-0.39, 0.29) is 17.9 Å². The number of H-pyrrole nitrogens is 1. The Morgan fingerprint density at radius 3 is 2.89 bits per heavy atom. The largest absolute Gasteiger partial charge is 0.466 e. The second-order valence-electron chi connectivity index (χ2n) is 9.32. The summed E-state index contributed by atoms with van der Waals surface area (Å²) in [6, 6.07) is 4.99. The van der Waals surface area contributed by atoms with E-state index in [9.17, 15) is 9.18 Å². The minimum atomic E-state index is -0.446. The molecule has 0 aliphatic heterocycles. The van der Waals surface area contributed by atoms with Crippen LogP contribution in [-0.4, -0.2) is 43.2 Å². The first-order valence-corrected chi connectivity index (χ1v) is 12.0. The molecule has 3 fully saturated rings. The molecule has 3 aliphatic carbocycles. The van der Waals surface area contributed by atoms with E-state index in [1.165, 1.54) is 6.07 Å². The zero-order chi connectivity index (χ0) is 24.1. The van der Waals surface area contributed by atoms with Gasteiger partial charge in [-0.1, -0.05) is 5.92 Å². The fourth-order valence-corrected chi connectivity index (χ4v) is 5.88. The van der Waals surface area contributed by atoms with Crippen LogP contribution >= 0.6 is 0 Å². The Balaban J connectivity index is 1.47. The number of hydrogen-bond donors (Lipinski definition) is 2. The van der Waals surface area contributed by atoms with E-state index in [2.05, 4.69) is 26.3 Å². The van der Waals surface area contributed by atoms with Crippen molar-refractivity contribution < 1.29 is 13.9 Å². The fourth-order valence-electron chi connectivity index (χ4n) is 5.88. The van der Waals surface area contributed by atoms with Crippen LogP contribution in [0.2, 0.25) is 0 Å². The van der Waals surface area contributed by atoms with Crippen LogP contribution in [0, 0.1) is 35.9 Å². The number of pyridine rings is 1. The van der Waals surface area contributed by atoms with Crippen molar-refractivity contribution in [2.45, 2.75) is 38.6 Å². The first kappa shape index (κ1) is 21.6. The molecule has 178 valence electrons. The van der Waals surface area contributed by atoms with Crippen LogP contribution in [0.3, 0.4) is 0 Å². The monoisotopic (exact) mass is 472 g/mol. The predicted octanol–water partition coefficient (Wildman–Crippen LogP) is 4.17. The molecule has 0 unspecified atom stereocenters. The second kappa shape index (κ2) is 8.38. The van der Waals surface area contributed by atoms with Gasteiger partial charge in [-0.15, -0.1) is 11.5 Å². The van der Waals surface area contributed by atoms with Crippen LogP contribution in [0.15, 0.2) is 30.6 Å². The molecular weight excluding hydrogens is 447 g/mol. The topological polar surface area (TPSA) is 97.2 Å². The second-order valence-corrected chi connectivity index (χ2v) is 9.32. The molecule has 0 spiro atoms. The van der Waals surface area contributed by atoms with Crippen LogP contribution in [0.1, 0.15) is 38.3 Å². The van der Waals surface area contributed by atoms with Gasteiger partial charge in [-0.2, -0.15) is 0 Å². The number of nitrogens with zero attached hydrogens (tertiary/aromatic N) is 4. The number of hydrogen-bond acceptors (Lipinski definition) is 6. The standard InChI is InChI=1S/C26H25FN6O2/c1-3-17-9-10-20-25(30-22-15-7-5-14(6-8-15)21(22)26(34)35-4-2)31-24(32-33(17)20)19-13-29-23-18(19)11-16(27)12-28-23/h1,9-15,21-22H,4-8H2,2H3,(H,28,29)(H,30,31,32)/t14-,15+,21-,22-/m0/s1. The molecule has 2 atom stereocenters. The maximum atomic E-state index is 14.0. The maximum absolute atomic E-state index is 14.0. The third-order valence-electron chi connectivity index (χ3n) is 7.48. The maximum Gasteiger partial charge on any atom is 0.311 e. The summed E-state index contributed by atoms with van der Waals surface area (Å²) < 4.78 is 21.1. The summed E-state index contributed by atoms with van der Waals surface area (Å²) in [5.74, 6) is 3.44. The van der Waals surface area contributed by atoms with Gasteiger partial charge in [0.2, 0.25) is 0 Å². The third kappa shape index (κ3) is 3.52. The van der Waals surface area contributed by atoms with E-state index in [0.717, 1.165) is 37.4 Å². The molecule has 35 heavy (non-hydrogen) atoms. The van der Waals surface area contributed by atoms with Crippen molar-refractivity contribution in [2.24, 2.45) is 17.8 Å². The van der Waals surface area contributed by atoms with Crippen LogP contribution in [0.25, 0.3) is 27.9 Å². The minimum absolute atomic E-state index is 0.0978. The fraction of sp³-hybridized carbons (Fsp3) is 0.385. The number of aromatic nitrogens is 5. The molecule has 4 heterocycles. The molecule has 8 nitrogen and oxygen atoms in total. The number of nitrogens with one attached hydrogen (secondary N) is 2. The summed E-state index contributed by atoms with van der Waals surface area (Å²) >= 11 is 0. The molecule has 4 aromatic heterocycles. The Kier molecular flexibility index (Phi) is 5.17. The summed E-state index contributed by atoms with van der Waals surface area (Å²) in [5.41, 5.74) is 2.44. The highest BCUT2D eigenvalue weighted by Gasteiger charge is 2.48. The Morgan fingerprint density at radius 2 is 2.11 bits per heavy atom. The van der Waals surface area contributed by atoms with Crippen molar-refractivity contribution >= 4 is 28.3 Å². The van der Waals surface area contributed by atoms with Crippen LogP contribution in [0.5, 0.6) is 0 Å². The Labute approximate surface area is 201 Å². The number of ether oxygens (including phenoxy) is 1. The lowest BCUT2D eigenvalue weighted by Gasteiger charge is -2.47. The van der Waals surface area contributed by atoms with Gasteiger partial charge in [0.25, 0.3) is 0 Å². The molecule has 0 saturated heterocycles. The molecule has 4 aromatic rings. The van der Waals surface area contributed by atoms with Gasteiger partial charge in [-0.05, 0) is 62.6 Å². The Morgan fingerprint density at radius 1 is 1.31 bits per heavy atom. The Bertz CT molecular complexity index is 1480. The van der Waals surface area contributed by atoms with E-state index in [0.29, 0.717) is 52.4 Å². The number of carbonyl (C=O) groups is 1. The molecule has 3 saturated carbocycles. The summed E-state index contributed by atoms with van der Waals surface area (Å²) in [7, 11) is 0. The van der Waals surface area contributed by atoms with Gasteiger partial charge in [-0.25, -0.2) is 18.9 Å². The van der Waals surface area contributed by atoms with Crippen LogP contribution < -0.4 is 5.32 Å². The van der Waals surface area contributed by atoms with Gasteiger partial charge in [0.1, 0.15) is 22.7 Å². The number of anilines is 1. The van der Waals surface area contributed by atoms with Gasteiger partial charge in [-0.3, -0.25) is 4.79 Å². The van der Waals surface area contributed by atoms with E-state index in [1.807, 2.05) is 19.1 Å². The minimum Gasteiger partial charge on any atom is -0.466 e. The summed E-state index contributed by atoms with van der Waals surface area (Å²) in [6.07, 6.45) is 12.8. The number of esters is 1. The number of halogens is 1. The lowest BCUT2D eigenvalue weighted by Crippen LogP contribution is -2.52. The lowest BCUT2D eigenvalue weighted by molar-refractivity contribution is -0.154. The summed E-state index contributed by atoms with van der Waals surface area (Å²) in [5, 5.41) is 8.85.